The SMILES string of the molecule is Cc1ccc(C)c(OCCCCC(=O)NC(C)C(=O)N2CCS(=O)(=O)CC2)c1. The number of nitrogens with zero attached hydrogens (tertiary/aromatic N) is 1. The van der Waals surface area contributed by atoms with Crippen LogP contribution < -0.4 is 10.1 Å². The van der Waals surface area contributed by atoms with E-state index in [1.165, 1.54) is 4.90 Å². The number of amides is 2. The highest BCUT2D eigenvalue weighted by atomic mass is 32.2. The number of rotatable bonds is 8. The van der Waals surface area contributed by atoms with E-state index in [9.17, 15) is 18.0 Å². The molecule has 1 fully saturated rings. The number of sulfone groups is 1. The number of benzene rings is 1. The van der Waals surface area contributed by atoms with Crippen molar-refractivity contribution >= 4 is 21.7 Å². The number of carbonyl (C=O) groups excluding carboxylic acids is 2. The maximum absolute atomic E-state index is 12.3. The molecular weight excluding hydrogens is 380 g/mol. The molecule has 1 heterocycles. The Kier molecular flexibility index (Phi) is 7.86. The van der Waals surface area contributed by atoms with Crippen molar-refractivity contribution in [3.63, 3.8) is 0 Å². The summed E-state index contributed by atoms with van der Waals surface area (Å²) >= 11 is 0. The van der Waals surface area contributed by atoms with Crippen molar-refractivity contribution in [1.82, 2.24) is 10.2 Å². The van der Waals surface area contributed by atoms with E-state index in [4.69, 9.17) is 4.74 Å². The van der Waals surface area contributed by atoms with Gasteiger partial charge in [0.1, 0.15) is 11.8 Å². The van der Waals surface area contributed by atoms with Crippen LogP contribution in [0.25, 0.3) is 0 Å². The van der Waals surface area contributed by atoms with Gasteiger partial charge < -0.3 is 15.0 Å². The van der Waals surface area contributed by atoms with Crippen LogP contribution >= 0.6 is 0 Å². The van der Waals surface area contributed by atoms with Crippen LogP contribution in [0.4, 0.5) is 0 Å². The molecule has 1 aromatic carbocycles. The lowest BCUT2D eigenvalue weighted by Crippen LogP contribution is -2.51. The Morgan fingerprint density at radius 3 is 2.54 bits per heavy atom. The summed E-state index contributed by atoms with van der Waals surface area (Å²) in [5.41, 5.74) is 2.23. The fraction of sp³-hybridized carbons (Fsp3) is 0.600. The van der Waals surface area contributed by atoms with Gasteiger partial charge >= 0.3 is 0 Å². The second-order valence-electron chi connectivity index (χ2n) is 7.34. The molecule has 2 rings (SSSR count). The normalized spacial score (nSPS) is 17.0. The summed E-state index contributed by atoms with van der Waals surface area (Å²) in [7, 11) is -3.03. The quantitative estimate of drug-likeness (QED) is 0.658. The summed E-state index contributed by atoms with van der Waals surface area (Å²) in [5.74, 6) is 0.422. The minimum atomic E-state index is -3.03. The number of carbonyl (C=O) groups is 2. The molecule has 1 saturated heterocycles. The van der Waals surface area contributed by atoms with E-state index in [0.29, 0.717) is 19.4 Å². The van der Waals surface area contributed by atoms with Gasteiger partial charge in [-0.2, -0.15) is 0 Å². The van der Waals surface area contributed by atoms with Crippen LogP contribution in [0.3, 0.4) is 0 Å². The van der Waals surface area contributed by atoms with Crippen LogP contribution in [-0.2, 0) is 19.4 Å². The summed E-state index contributed by atoms with van der Waals surface area (Å²) in [4.78, 5) is 25.9. The third kappa shape index (κ3) is 6.82. The predicted molar refractivity (Wildman–Crippen MR) is 108 cm³/mol. The molecule has 156 valence electrons. The maximum Gasteiger partial charge on any atom is 0.244 e. The van der Waals surface area contributed by atoms with Crippen molar-refractivity contribution in [2.24, 2.45) is 0 Å². The fourth-order valence-corrected chi connectivity index (χ4v) is 4.22. The van der Waals surface area contributed by atoms with E-state index in [2.05, 4.69) is 5.32 Å². The molecule has 1 atom stereocenters. The molecule has 2 amide bonds. The van der Waals surface area contributed by atoms with Gasteiger partial charge in [0.15, 0.2) is 9.84 Å². The Labute approximate surface area is 167 Å². The minimum absolute atomic E-state index is 0.0141. The summed E-state index contributed by atoms with van der Waals surface area (Å²) in [6.07, 6.45) is 1.73. The second-order valence-corrected chi connectivity index (χ2v) is 9.64. The van der Waals surface area contributed by atoms with Gasteiger partial charge in [0.25, 0.3) is 0 Å². The van der Waals surface area contributed by atoms with Crippen molar-refractivity contribution < 1.29 is 22.7 Å². The number of ether oxygens (including phenoxy) is 1. The van der Waals surface area contributed by atoms with E-state index in [0.717, 1.165) is 23.3 Å². The highest BCUT2D eigenvalue weighted by Crippen LogP contribution is 2.19. The number of hydrogen-bond donors (Lipinski definition) is 1. The number of aryl methyl sites for hydroxylation is 2. The van der Waals surface area contributed by atoms with Crippen LogP contribution in [0.2, 0.25) is 0 Å². The first-order valence-electron chi connectivity index (χ1n) is 9.66. The first-order chi connectivity index (χ1) is 13.2. The molecule has 0 radical (unpaired) electrons. The van der Waals surface area contributed by atoms with Gasteiger partial charge in [0, 0.05) is 19.5 Å². The van der Waals surface area contributed by atoms with E-state index >= 15 is 0 Å². The Hall–Kier alpha value is -2.09. The zero-order chi connectivity index (χ0) is 20.7. The molecule has 0 saturated carbocycles. The van der Waals surface area contributed by atoms with Crippen LogP contribution in [0.1, 0.15) is 37.3 Å². The maximum atomic E-state index is 12.3. The topological polar surface area (TPSA) is 92.8 Å². The third-order valence-corrected chi connectivity index (χ3v) is 6.41. The van der Waals surface area contributed by atoms with Crippen molar-refractivity contribution in [3.05, 3.63) is 29.3 Å². The molecule has 1 aliphatic heterocycles. The third-order valence-electron chi connectivity index (χ3n) is 4.80. The van der Waals surface area contributed by atoms with Gasteiger partial charge in [0.2, 0.25) is 11.8 Å². The average Bonchev–Trinajstić information content (AvgIpc) is 2.63. The average molecular weight is 411 g/mol. The van der Waals surface area contributed by atoms with Crippen LogP contribution in [0, 0.1) is 13.8 Å². The lowest BCUT2D eigenvalue weighted by atomic mass is 10.1. The Morgan fingerprint density at radius 1 is 1.18 bits per heavy atom. The van der Waals surface area contributed by atoms with Crippen molar-refractivity contribution in [2.75, 3.05) is 31.2 Å². The molecule has 1 aliphatic rings. The molecule has 0 aliphatic carbocycles. The summed E-state index contributed by atoms with van der Waals surface area (Å²) in [5, 5.41) is 2.70. The van der Waals surface area contributed by atoms with Crippen LogP contribution in [0.5, 0.6) is 5.75 Å². The molecule has 7 nitrogen and oxygen atoms in total. The predicted octanol–water partition coefficient (Wildman–Crippen LogP) is 1.61. The van der Waals surface area contributed by atoms with Gasteiger partial charge in [0.05, 0.1) is 18.1 Å². The highest BCUT2D eigenvalue weighted by molar-refractivity contribution is 7.91. The van der Waals surface area contributed by atoms with Gasteiger partial charge in [-0.1, -0.05) is 12.1 Å². The fourth-order valence-electron chi connectivity index (χ4n) is 3.01. The zero-order valence-electron chi connectivity index (χ0n) is 16.9. The van der Waals surface area contributed by atoms with E-state index < -0.39 is 15.9 Å². The first kappa shape index (κ1) is 22.2. The monoisotopic (exact) mass is 410 g/mol. The summed E-state index contributed by atoms with van der Waals surface area (Å²) < 4.78 is 28.7. The largest absolute Gasteiger partial charge is 0.493 e. The van der Waals surface area contributed by atoms with Crippen molar-refractivity contribution in [2.45, 2.75) is 46.1 Å². The molecule has 1 aromatic rings. The molecule has 1 N–H and O–H groups in total. The molecule has 8 heteroatoms. The van der Waals surface area contributed by atoms with Gasteiger partial charge in [-0.15, -0.1) is 0 Å². The molecule has 0 spiro atoms. The number of hydrogen-bond acceptors (Lipinski definition) is 5. The van der Waals surface area contributed by atoms with Gasteiger partial charge in [-0.3, -0.25) is 9.59 Å². The number of unbranched alkanes of at least 4 members (excludes halogenated alkanes) is 1. The van der Waals surface area contributed by atoms with Crippen LogP contribution in [0.15, 0.2) is 18.2 Å². The Bertz CT molecular complexity index is 793. The standard InChI is InChI=1S/C20H30N2O5S/c1-15-7-8-16(2)18(14-15)27-11-5-4-6-19(23)21-17(3)20(24)22-9-12-28(25,26)13-10-22/h7-8,14,17H,4-6,9-13H2,1-3H3,(H,21,23). The highest BCUT2D eigenvalue weighted by Gasteiger charge is 2.28. The molecule has 1 unspecified atom stereocenters. The summed E-state index contributed by atoms with van der Waals surface area (Å²) in [6.45, 7) is 6.57. The van der Waals surface area contributed by atoms with E-state index in [1.807, 2.05) is 32.0 Å². The van der Waals surface area contributed by atoms with Gasteiger partial charge in [-0.05, 0) is 50.8 Å². The Balaban J connectivity index is 1.65. The molecule has 28 heavy (non-hydrogen) atoms. The second kappa shape index (κ2) is 9.91. The van der Waals surface area contributed by atoms with E-state index in [-0.39, 0.29) is 36.4 Å². The Morgan fingerprint density at radius 2 is 1.86 bits per heavy atom. The zero-order valence-corrected chi connectivity index (χ0v) is 17.7. The van der Waals surface area contributed by atoms with Gasteiger partial charge in [-0.25, -0.2) is 8.42 Å². The smallest absolute Gasteiger partial charge is 0.244 e. The van der Waals surface area contributed by atoms with Crippen LogP contribution in [-0.4, -0.2) is 62.4 Å². The lowest BCUT2D eigenvalue weighted by molar-refractivity contribution is -0.135. The molecule has 0 bridgehead atoms. The van der Waals surface area contributed by atoms with Crippen molar-refractivity contribution in [3.8, 4) is 5.75 Å². The lowest BCUT2D eigenvalue weighted by Gasteiger charge is -2.29. The minimum Gasteiger partial charge on any atom is -0.493 e. The molecular formula is C20H30N2O5S. The van der Waals surface area contributed by atoms with E-state index in [1.54, 1.807) is 6.92 Å². The number of nitrogens with one attached hydrogen (secondary N) is 1. The first-order valence-corrected chi connectivity index (χ1v) is 11.5. The summed E-state index contributed by atoms with van der Waals surface area (Å²) in [6, 6.07) is 5.41. The van der Waals surface area contributed by atoms with Crippen molar-refractivity contribution in [1.29, 1.82) is 0 Å². The molecule has 0 aromatic heterocycles.